The summed E-state index contributed by atoms with van der Waals surface area (Å²) in [5, 5.41) is 8.82. The summed E-state index contributed by atoms with van der Waals surface area (Å²) in [6.07, 6.45) is 3.27. The predicted octanol–water partition coefficient (Wildman–Crippen LogP) is 3.06. The maximum absolute atomic E-state index is 11.5. The first-order valence-corrected chi connectivity index (χ1v) is 12.2. The molecule has 30 heavy (non-hydrogen) atoms. The van der Waals surface area contributed by atoms with Gasteiger partial charge in [0.1, 0.15) is 5.69 Å². The highest BCUT2D eigenvalue weighted by atomic mass is 32.2. The van der Waals surface area contributed by atoms with E-state index in [1.54, 1.807) is 6.07 Å². The van der Waals surface area contributed by atoms with Crippen LogP contribution in [0.1, 0.15) is 35.6 Å². The van der Waals surface area contributed by atoms with Crippen LogP contribution in [0.2, 0.25) is 0 Å². The first-order chi connectivity index (χ1) is 14.5. The van der Waals surface area contributed by atoms with Crippen molar-refractivity contribution >= 4 is 15.7 Å². The molecule has 2 aromatic carbocycles. The summed E-state index contributed by atoms with van der Waals surface area (Å²) in [4.78, 5) is 2.45. The van der Waals surface area contributed by atoms with E-state index in [9.17, 15) is 8.42 Å². The Labute approximate surface area is 176 Å². The summed E-state index contributed by atoms with van der Waals surface area (Å²) in [7, 11) is -3.26. The van der Waals surface area contributed by atoms with Crippen molar-refractivity contribution in [2.24, 2.45) is 0 Å². The maximum atomic E-state index is 11.5. The number of hydrogen-bond acceptors (Lipinski definition) is 5. The van der Waals surface area contributed by atoms with Crippen LogP contribution in [0.15, 0.2) is 48.5 Å². The second-order valence-electron chi connectivity index (χ2n) is 8.25. The van der Waals surface area contributed by atoms with Crippen molar-refractivity contribution in [3.8, 4) is 11.3 Å². The van der Waals surface area contributed by atoms with E-state index in [1.165, 1.54) is 22.9 Å². The van der Waals surface area contributed by atoms with Gasteiger partial charge in [-0.25, -0.2) is 13.1 Å². The van der Waals surface area contributed by atoms with Crippen molar-refractivity contribution in [3.05, 3.63) is 65.4 Å². The number of nitrogens with one attached hydrogen (secondary N) is 1. The van der Waals surface area contributed by atoms with Gasteiger partial charge < -0.3 is 0 Å². The molecule has 3 heterocycles. The molecule has 3 aromatic rings. The summed E-state index contributed by atoms with van der Waals surface area (Å²) < 4.78 is 27.6. The lowest BCUT2D eigenvalue weighted by Gasteiger charge is -2.32. The number of aromatic nitrogens is 3. The lowest BCUT2D eigenvalue weighted by Crippen LogP contribution is -2.32. The molecule has 5 rings (SSSR count). The Morgan fingerprint density at radius 1 is 1.10 bits per heavy atom. The third-order valence-corrected chi connectivity index (χ3v) is 6.63. The summed E-state index contributed by atoms with van der Waals surface area (Å²) in [6, 6.07) is 16.2. The average Bonchev–Trinajstić information content (AvgIpc) is 3.27. The van der Waals surface area contributed by atoms with E-state index in [0.29, 0.717) is 11.6 Å². The molecule has 0 amide bonds. The summed E-state index contributed by atoms with van der Waals surface area (Å²) >= 11 is 0. The van der Waals surface area contributed by atoms with E-state index >= 15 is 0 Å². The molecule has 1 aromatic heterocycles. The van der Waals surface area contributed by atoms with E-state index < -0.39 is 10.0 Å². The van der Waals surface area contributed by atoms with E-state index in [0.717, 1.165) is 50.4 Å². The molecule has 7 nitrogen and oxygen atoms in total. The minimum Gasteiger partial charge on any atom is -0.297 e. The molecule has 2 aliphatic rings. The van der Waals surface area contributed by atoms with Crippen molar-refractivity contribution in [2.75, 3.05) is 24.1 Å². The molecular weight excluding hydrogens is 398 g/mol. The van der Waals surface area contributed by atoms with Gasteiger partial charge in [0.05, 0.1) is 18.5 Å². The highest BCUT2D eigenvalue weighted by Gasteiger charge is 2.27. The largest absolute Gasteiger partial charge is 0.297 e. The molecule has 0 aliphatic carbocycles. The third-order valence-electron chi connectivity index (χ3n) is 6.02. The lowest BCUT2D eigenvalue weighted by molar-refractivity contribution is 0.203. The highest BCUT2D eigenvalue weighted by Crippen LogP contribution is 2.35. The minimum atomic E-state index is -3.26. The van der Waals surface area contributed by atoms with Gasteiger partial charge in [-0.15, -0.1) is 5.10 Å². The van der Waals surface area contributed by atoms with Gasteiger partial charge in [0.15, 0.2) is 0 Å². The summed E-state index contributed by atoms with van der Waals surface area (Å²) in [5.41, 5.74) is 6.61. The monoisotopic (exact) mass is 423 g/mol. The Kier molecular flexibility index (Phi) is 4.83. The average molecular weight is 424 g/mol. The van der Waals surface area contributed by atoms with Crippen molar-refractivity contribution in [2.45, 2.75) is 31.8 Å². The number of piperidine rings is 1. The van der Waals surface area contributed by atoms with Gasteiger partial charge in [-0.2, -0.15) is 0 Å². The van der Waals surface area contributed by atoms with Gasteiger partial charge in [-0.1, -0.05) is 41.6 Å². The standard InChI is InChI=1S/C22H25N5O2S/c1-30(28,29)24-19-7-4-6-17(13-19)16-9-11-26(12-10-16)15-21-22-20-8-3-2-5-18(20)14-27(22)25-23-21/h2-8,13,16,24H,9-12,14-15H2,1H3. The molecule has 0 spiro atoms. The van der Waals surface area contributed by atoms with Crippen LogP contribution in [0, 0.1) is 0 Å². The van der Waals surface area contributed by atoms with Gasteiger partial charge in [0, 0.05) is 17.8 Å². The van der Waals surface area contributed by atoms with Crippen molar-refractivity contribution in [1.29, 1.82) is 0 Å². The van der Waals surface area contributed by atoms with Crippen LogP contribution in [-0.4, -0.2) is 47.7 Å². The van der Waals surface area contributed by atoms with Crippen molar-refractivity contribution in [3.63, 3.8) is 0 Å². The molecule has 156 valence electrons. The SMILES string of the molecule is CS(=O)(=O)Nc1cccc(C2CCN(Cc3nnn4c3-c3ccccc3C4)CC2)c1. The molecule has 0 atom stereocenters. The molecule has 2 aliphatic heterocycles. The van der Waals surface area contributed by atoms with Gasteiger partial charge in [0.2, 0.25) is 10.0 Å². The molecule has 0 bridgehead atoms. The fourth-order valence-electron chi connectivity index (χ4n) is 4.62. The van der Waals surface area contributed by atoms with Crippen molar-refractivity contribution < 1.29 is 8.42 Å². The summed E-state index contributed by atoms with van der Waals surface area (Å²) in [6.45, 7) is 3.59. The Hall–Kier alpha value is -2.71. The smallest absolute Gasteiger partial charge is 0.229 e. The number of rotatable bonds is 5. The van der Waals surface area contributed by atoms with E-state index in [2.05, 4.69) is 50.3 Å². The normalized spacial score (nSPS) is 17.0. The molecular formula is C22H25N5O2S. The van der Waals surface area contributed by atoms with Gasteiger partial charge in [-0.3, -0.25) is 9.62 Å². The van der Waals surface area contributed by atoms with Crippen LogP contribution < -0.4 is 4.72 Å². The second kappa shape index (κ2) is 7.52. The quantitative estimate of drug-likeness (QED) is 0.534. The van der Waals surface area contributed by atoms with Crippen LogP contribution in [0.5, 0.6) is 0 Å². The van der Waals surface area contributed by atoms with E-state index in [4.69, 9.17) is 0 Å². The zero-order valence-electron chi connectivity index (χ0n) is 17.0. The van der Waals surface area contributed by atoms with Crippen LogP contribution in [-0.2, 0) is 23.1 Å². The number of hydrogen-bond donors (Lipinski definition) is 1. The van der Waals surface area contributed by atoms with Gasteiger partial charge in [-0.05, 0) is 55.1 Å². The fourth-order valence-corrected chi connectivity index (χ4v) is 5.17. The zero-order chi connectivity index (χ0) is 20.7. The Balaban J connectivity index is 1.25. The Morgan fingerprint density at radius 3 is 2.70 bits per heavy atom. The summed E-state index contributed by atoms with van der Waals surface area (Å²) in [5.74, 6) is 0.439. The number of likely N-dealkylation sites (tertiary alicyclic amines) is 1. The number of fused-ring (bicyclic) bond motifs is 3. The lowest BCUT2D eigenvalue weighted by atomic mass is 9.89. The Bertz CT molecular complexity index is 1180. The van der Waals surface area contributed by atoms with E-state index in [1.807, 2.05) is 16.8 Å². The molecule has 1 N–H and O–H groups in total. The first kappa shape index (κ1) is 19.3. The first-order valence-electron chi connectivity index (χ1n) is 10.3. The zero-order valence-corrected chi connectivity index (χ0v) is 17.8. The molecule has 0 radical (unpaired) electrons. The van der Waals surface area contributed by atoms with Crippen LogP contribution in [0.25, 0.3) is 11.3 Å². The van der Waals surface area contributed by atoms with Crippen molar-refractivity contribution in [1.82, 2.24) is 19.9 Å². The molecule has 8 heteroatoms. The molecule has 0 saturated carbocycles. The maximum Gasteiger partial charge on any atom is 0.229 e. The molecule has 1 fully saturated rings. The van der Waals surface area contributed by atoms with Gasteiger partial charge in [0.25, 0.3) is 0 Å². The minimum absolute atomic E-state index is 0.439. The fraction of sp³-hybridized carbons (Fsp3) is 0.364. The van der Waals surface area contributed by atoms with Crippen LogP contribution in [0.4, 0.5) is 5.69 Å². The predicted molar refractivity (Wildman–Crippen MR) is 117 cm³/mol. The van der Waals surface area contributed by atoms with Gasteiger partial charge >= 0.3 is 0 Å². The number of nitrogens with zero attached hydrogens (tertiary/aromatic N) is 4. The van der Waals surface area contributed by atoms with Crippen LogP contribution in [0.3, 0.4) is 0 Å². The number of benzene rings is 2. The number of sulfonamides is 1. The molecule has 1 saturated heterocycles. The Morgan fingerprint density at radius 2 is 1.90 bits per heavy atom. The molecule has 0 unspecified atom stereocenters. The topological polar surface area (TPSA) is 80.1 Å². The number of anilines is 1. The highest BCUT2D eigenvalue weighted by molar-refractivity contribution is 7.92. The third kappa shape index (κ3) is 3.85. The second-order valence-corrected chi connectivity index (χ2v) is 10.00. The van der Waals surface area contributed by atoms with Crippen LogP contribution >= 0.6 is 0 Å². The van der Waals surface area contributed by atoms with E-state index in [-0.39, 0.29) is 0 Å².